The Labute approximate surface area is 103 Å². The molecule has 1 saturated heterocycles. The van der Waals surface area contributed by atoms with Crippen LogP contribution in [0.4, 0.5) is 0 Å². The lowest BCUT2D eigenvalue weighted by atomic mass is 9.67. The van der Waals surface area contributed by atoms with Gasteiger partial charge in [-0.25, -0.2) is 0 Å². The van der Waals surface area contributed by atoms with Crippen molar-refractivity contribution < 1.29 is 9.53 Å². The van der Waals surface area contributed by atoms with E-state index in [-0.39, 0.29) is 18.1 Å². The largest absolute Gasteiger partial charge is 0.375 e. The maximum atomic E-state index is 12.1. The zero-order valence-electron chi connectivity index (χ0n) is 10.9. The molecule has 0 aromatic carbocycles. The van der Waals surface area contributed by atoms with Crippen LogP contribution >= 0.6 is 0 Å². The molecule has 2 atom stereocenters. The fourth-order valence-corrected chi connectivity index (χ4v) is 2.74. The predicted octanol–water partition coefficient (Wildman–Crippen LogP) is 1.06. The molecule has 1 amide bonds. The minimum Gasteiger partial charge on any atom is -0.375 e. The minimum absolute atomic E-state index is 0.0253. The average Bonchev–Trinajstić information content (AvgIpc) is 2.28. The van der Waals surface area contributed by atoms with Crippen molar-refractivity contribution in [1.29, 1.82) is 0 Å². The Hall–Kier alpha value is -0.610. The van der Waals surface area contributed by atoms with E-state index in [2.05, 4.69) is 17.6 Å². The molecule has 0 spiro atoms. The molecule has 0 radical (unpaired) electrons. The van der Waals surface area contributed by atoms with Gasteiger partial charge in [0.2, 0.25) is 5.91 Å². The number of hydrogen-bond donors (Lipinski definition) is 2. The molecule has 98 valence electrons. The first-order chi connectivity index (χ1) is 8.17. The van der Waals surface area contributed by atoms with Crippen LogP contribution in [-0.4, -0.2) is 37.7 Å². The van der Waals surface area contributed by atoms with Crippen molar-refractivity contribution in [3.05, 3.63) is 0 Å². The van der Waals surface area contributed by atoms with Gasteiger partial charge in [-0.2, -0.15) is 0 Å². The van der Waals surface area contributed by atoms with Crippen LogP contribution in [0.15, 0.2) is 0 Å². The van der Waals surface area contributed by atoms with E-state index in [0.717, 1.165) is 19.5 Å². The third-order valence-corrected chi connectivity index (χ3v) is 4.40. The van der Waals surface area contributed by atoms with Crippen LogP contribution in [0.25, 0.3) is 0 Å². The highest BCUT2D eigenvalue weighted by Crippen LogP contribution is 2.43. The molecule has 4 nitrogen and oxygen atoms in total. The quantitative estimate of drug-likeness (QED) is 0.772. The number of hydrogen-bond acceptors (Lipinski definition) is 3. The maximum absolute atomic E-state index is 12.1. The summed E-state index contributed by atoms with van der Waals surface area (Å²) in [6, 6.07) is -0.183. The molecule has 17 heavy (non-hydrogen) atoms. The van der Waals surface area contributed by atoms with Crippen LogP contribution in [0, 0.1) is 5.41 Å². The summed E-state index contributed by atoms with van der Waals surface area (Å²) in [5, 5.41) is 6.32. The van der Waals surface area contributed by atoms with Gasteiger partial charge in [0.05, 0.1) is 12.7 Å². The summed E-state index contributed by atoms with van der Waals surface area (Å²) in [7, 11) is 0. The summed E-state index contributed by atoms with van der Waals surface area (Å²) in [5.74, 6) is 0.0944. The Balaban J connectivity index is 1.80. The molecular formula is C13H24N2O2. The predicted molar refractivity (Wildman–Crippen MR) is 66.8 cm³/mol. The van der Waals surface area contributed by atoms with Gasteiger partial charge in [-0.15, -0.1) is 0 Å². The van der Waals surface area contributed by atoms with Crippen molar-refractivity contribution in [2.45, 2.75) is 51.7 Å². The molecule has 0 aromatic rings. The van der Waals surface area contributed by atoms with Gasteiger partial charge >= 0.3 is 0 Å². The first-order valence-electron chi connectivity index (χ1n) is 6.79. The molecule has 1 saturated carbocycles. The minimum atomic E-state index is -0.183. The van der Waals surface area contributed by atoms with Gasteiger partial charge in [0.1, 0.15) is 6.04 Å². The van der Waals surface area contributed by atoms with Gasteiger partial charge < -0.3 is 15.4 Å². The summed E-state index contributed by atoms with van der Waals surface area (Å²) in [5.41, 5.74) is 0.383. The summed E-state index contributed by atoms with van der Waals surface area (Å²) >= 11 is 0. The number of rotatable bonds is 4. The number of morpholine rings is 1. The molecule has 0 bridgehead atoms. The maximum Gasteiger partial charge on any atom is 0.239 e. The standard InChI is InChI=1S/C13H24N2O2/c1-3-13(5-4-6-13)9-15-12(16)11-10(2)17-8-7-14-11/h10-11,14H,3-9H2,1-2H3,(H,15,16)/t10-,11+/m1/s1. The van der Waals surface area contributed by atoms with Crippen LogP contribution in [0.2, 0.25) is 0 Å². The number of nitrogens with one attached hydrogen (secondary N) is 2. The van der Waals surface area contributed by atoms with Gasteiger partial charge in [-0.3, -0.25) is 4.79 Å². The van der Waals surface area contributed by atoms with E-state index in [0.29, 0.717) is 12.0 Å². The average molecular weight is 240 g/mol. The van der Waals surface area contributed by atoms with Crippen molar-refractivity contribution in [1.82, 2.24) is 10.6 Å². The Kier molecular flexibility index (Phi) is 4.05. The third-order valence-electron chi connectivity index (χ3n) is 4.40. The summed E-state index contributed by atoms with van der Waals surface area (Å²) < 4.78 is 5.49. The number of carbonyl (C=O) groups is 1. The van der Waals surface area contributed by atoms with Crippen LogP contribution in [0.1, 0.15) is 39.5 Å². The van der Waals surface area contributed by atoms with Crippen molar-refractivity contribution in [2.75, 3.05) is 19.7 Å². The molecule has 1 aliphatic carbocycles. The van der Waals surface area contributed by atoms with Gasteiger partial charge in [0, 0.05) is 13.1 Å². The van der Waals surface area contributed by atoms with E-state index in [1.54, 1.807) is 0 Å². The Morgan fingerprint density at radius 2 is 2.29 bits per heavy atom. The zero-order chi connectivity index (χ0) is 12.3. The molecule has 2 aliphatic rings. The van der Waals surface area contributed by atoms with Crippen molar-refractivity contribution in [2.24, 2.45) is 5.41 Å². The fraction of sp³-hybridized carbons (Fsp3) is 0.923. The smallest absolute Gasteiger partial charge is 0.239 e. The van der Waals surface area contributed by atoms with E-state index in [1.807, 2.05) is 6.92 Å². The summed E-state index contributed by atoms with van der Waals surface area (Å²) in [6.07, 6.45) is 4.97. The highest BCUT2D eigenvalue weighted by Gasteiger charge is 2.36. The topological polar surface area (TPSA) is 50.4 Å². The SMILES string of the molecule is CCC1(CNC(=O)[C@H]2NCCO[C@@H]2C)CCC1. The van der Waals surface area contributed by atoms with Crippen LogP contribution in [-0.2, 0) is 9.53 Å². The lowest BCUT2D eigenvalue weighted by Crippen LogP contribution is -2.57. The molecule has 0 aromatic heterocycles. The molecule has 1 heterocycles. The van der Waals surface area contributed by atoms with E-state index in [4.69, 9.17) is 4.74 Å². The second-order valence-corrected chi connectivity index (χ2v) is 5.43. The van der Waals surface area contributed by atoms with E-state index in [9.17, 15) is 4.79 Å². The second-order valence-electron chi connectivity index (χ2n) is 5.43. The lowest BCUT2D eigenvalue weighted by molar-refractivity contribution is -0.129. The van der Waals surface area contributed by atoms with Crippen molar-refractivity contribution in [3.8, 4) is 0 Å². The lowest BCUT2D eigenvalue weighted by Gasteiger charge is -2.42. The molecular weight excluding hydrogens is 216 g/mol. The first kappa shape index (κ1) is 12.8. The Morgan fingerprint density at radius 3 is 2.82 bits per heavy atom. The third kappa shape index (κ3) is 2.80. The van der Waals surface area contributed by atoms with E-state index >= 15 is 0 Å². The Bertz CT molecular complexity index is 271. The summed E-state index contributed by atoms with van der Waals surface area (Å²) in [6.45, 7) is 6.46. The summed E-state index contributed by atoms with van der Waals surface area (Å²) in [4.78, 5) is 12.1. The normalized spacial score (nSPS) is 31.6. The number of ether oxygens (including phenoxy) is 1. The Morgan fingerprint density at radius 1 is 1.53 bits per heavy atom. The molecule has 2 rings (SSSR count). The van der Waals surface area contributed by atoms with Gasteiger partial charge in [0.25, 0.3) is 0 Å². The van der Waals surface area contributed by atoms with Crippen LogP contribution in [0.5, 0.6) is 0 Å². The number of amides is 1. The highest BCUT2D eigenvalue weighted by atomic mass is 16.5. The van der Waals surface area contributed by atoms with Gasteiger partial charge in [0.15, 0.2) is 0 Å². The second kappa shape index (κ2) is 5.36. The van der Waals surface area contributed by atoms with Gasteiger partial charge in [-0.05, 0) is 31.6 Å². The van der Waals surface area contributed by atoms with E-state index < -0.39 is 0 Å². The number of carbonyl (C=O) groups excluding carboxylic acids is 1. The fourth-order valence-electron chi connectivity index (χ4n) is 2.74. The molecule has 4 heteroatoms. The monoisotopic (exact) mass is 240 g/mol. The van der Waals surface area contributed by atoms with Gasteiger partial charge in [-0.1, -0.05) is 13.3 Å². The van der Waals surface area contributed by atoms with Crippen molar-refractivity contribution in [3.63, 3.8) is 0 Å². The first-order valence-corrected chi connectivity index (χ1v) is 6.79. The molecule has 2 fully saturated rings. The molecule has 1 aliphatic heterocycles. The zero-order valence-corrected chi connectivity index (χ0v) is 10.9. The molecule has 0 unspecified atom stereocenters. The van der Waals surface area contributed by atoms with Crippen LogP contribution < -0.4 is 10.6 Å². The van der Waals surface area contributed by atoms with E-state index in [1.165, 1.54) is 19.3 Å². The van der Waals surface area contributed by atoms with Crippen LogP contribution in [0.3, 0.4) is 0 Å². The highest BCUT2D eigenvalue weighted by molar-refractivity contribution is 5.82. The molecule has 2 N–H and O–H groups in total. The van der Waals surface area contributed by atoms with Crippen molar-refractivity contribution >= 4 is 5.91 Å².